The van der Waals surface area contributed by atoms with E-state index in [1.165, 1.54) is 23.0 Å². The van der Waals surface area contributed by atoms with Crippen molar-refractivity contribution in [2.45, 2.75) is 25.4 Å². The van der Waals surface area contributed by atoms with Gasteiger partial charge in [0.15, 0.2) is 5.82 Å². The van der Waals surface area contributed by atoms with Gasteiger partial charge in [0.1, 0.15) is 5.69 Å². The molecule has 176 valence electrons. The van der Waals surface area contributed by atoms with Crippen molar-refractivity contribution in [3.8, 4) is 11.1 Å². The van der Waals surface area contributed by atoms with Crippen LogP contribution in [-0.2, 0) is 13.7 Å². The number of nitrogens with zero attached hydrogens (tertiary/aromatic N) is 3. The van der Waals surface area contributed by atoms with Gasteiger partial charge in [-0.05, 0) is 66.3 Å². The van der Waals surface area contributed by atoms with Crippen LogP contribution in [0.3, 0.4) is 0 Å². The van der Waals surface area contributed by atoms with Crippen molar-refractivity contribution in [1.82, 2.24) is 14.8 Å². The van der Waals surface area contributed by atoms with E-state index in [9.17, 15) is 14.7 Å². The number of aliphatic hydroxyl groups is 1. The van der Waals surface area contributed by atoms with Crippen molar-refractivity contribution in [3.05, 3.63) is 100 Å². The third kappa shape index (κ3) is 4.83. The molecule has 1 amide bonds. The first-order valence-corrected chi connectivity index (χ1v) is 11.4. The van der Waals surface area contributed by atoms with E-state index in [1.807, 2.05) is 30.3 Å². The maximum absolute atomic E-state index is 12.9. The smallest absolute Gasteiger partial charge is 0.274 e. The van der Waals surface area contributed by atoms with E-state index in [0.717, 1.165) is 0 Å². The third-order valence-corrected chi connectivity index (χ3v) is 6.13. The summed E-state index contributed by atoms with van der Waals surface area (Å²) in [5.74, 6) is 0.822. The van der Waals surface area contributed by atoms with Crippen LogP contribution in [0.15, 0.2) is 77.9 Å². The minimum absolute atomic E-state index is 0.232. The summed E-state index contributed by atoms with van der Waals surface area (Å²) in [6, 6.07) is 18.2. The first-order valence-electron chi connectivity index (χ1n) is 11.4. The highest BCUT2D eigenvalue weighted by atomic mass is 16.3. The van der Waals surface area contributed by atoms with Crippen LogP contribution in [0.1, 0.15) is 40.2 Å². The van der Waals surface area contributed by atoms with Crippen LogP contribution in [0.25, 0.3) is 11.1 Å². The summed E-state index contributed by atoms with van der Waals surface area (Å²) in [5.41, 5.74) is 4.38. The van der Waals surface area contributed by atoms with Crippen molar-refractivity contribution in [2.24, 2.45) is 7.05 Å². The fourth-order valence-electron chi connectivity index (χ4n) is 4.12. The number of aliphatic hydroxyl groups excluding tert-OH is 1. The number of pyridine rings is 1. The number of carbonyl (C=O) groups excluding carboxylic acids is 1. The van der Waals surface area contributed by atoms with E-state index in [1.54, 1.807) is 49.8 Å². The van der Waals surface area contributed by atoms with Gasteiger partial charge < -0.3 is 20.3 Å². The zero-order valence-electron chi connectivity index (χ0n) is 19.2. The highest BCUT2D eigenvalue weighted by Crippen LogP contribution is 2.40. The van der Waals surface area contributed by atoms with Crippen LogP contribution < -0.4 is 16.2 Å². The highest BCUT2D eigenvalue weighted by Gasteiger charge is 2.23. The van der Waals surface area contributed by atoms with E-state index < -0.39 is 0 Å². The third-order valence-electron chi connectivity index (χ3n) is 6.13. The summed E-state index contributed by atoms with van der Waals surface area (Å²) in [6.07, 6.45) is 5.66. The zero-order chi connectivity index (χ0) is 24.4. The van der Waals surface area contributed by atoms with Crippen molar-refractivity contribution in [3.63, 3.8) is 0 Å². The molecule has 4 aromatic rings. The highest BCUT2D eigenvalue weighted by molar-refractivity contribution is 6.05. The van der Waals surface area contributed by atoms with E-state index in [4.69, 9.17) is 0 Å². The van der Waals surface area contributed by atoms with Gasteiger partial charge in [-0.25, -0.2) is 0 Å². The van der Waals surface area contributed by atoms with Gasteiger partial charge in [-0.3, -0.25) is 9.59 Å². The molecule has 0 radical (unpaired) electrons. The molecule has 1 aliphatic carbocycles. The second-order valence-corrected chi connectivity index (χ2v) is 8.63. The summed E-state index contributed by atoms with van der Waals surface area (Å²) in [4.78, 5) is 25.6. The Hall–Kier alpha value is -4.30. The summed E-state index contributed by atoms with van der Waals surface area (Å²) >= 11 is 0. The van der Waals surface area contributed by atoms with Gasteiger partial charge in [-0.1, -0.05) is 24.3 Å². The number of anilines is 3. The topological polar surface area (TPSA) is 109 Å². The average Bonchev–Trinajstić information content (AvgIpc) is 3.73. The van der Waals surface area contributed by atoms with Crippen LogP contribution >= 0.6 is 0 Å². The molecule has 2 aromatic heterocycles. The quantitative estimate of drug-likeness (QED) is 0.376. The molecule has 2 heterocycles. The Labute approximate surface area is 202 Å². The Bertz CT molecular complexity index is 1430. The Balaban J connectivity index is 1.46. The number of carbonyl (C=O) groups is 1. The molecular formula is C27H25N5O3. The average molecular weight is 468 g/mol. The largest absolute Gasteiger partial charge is 0.392 e. The summed E-state index contributed by atoms with van der Waals surface area (Å²) in [6.45, 7) is -0.290. The van der Waals surface area contributed by atoms with Crippen LogP contribution in [0.2, 0.25) is 0 Å². The lowest BCUT2D eigenvalue weighted by Gasteiger charge is -2.16. The second kappa shape index (κ2) is 9.52. The van der Waals surface area contributed by atoms with Crippen LogP contribution in [0.5, 0.6) is 0 Å². The van der Waals surface area contributed by atoms with E-state index >= 15 is 0 Å². The molecule has 1 saturated carbocycles. The minimum Gasteiger partial charge on any atom is -0.392 e. The molecule has 0 saturated heterocycles. The van der Waals surface area contributed by atoms with Gasteiger partial charge in [0.25, 0.3) is 11.5 Å². The van der Waals surface area contributed by atoms with E-state index in [-0.39, 0.29) is 18.1 Å². The van der Waals surface area contributed by atoms with Gasteiger partial charge in [-0.15, -0.1) is 5.10 Å². The van der Waals surface area contributed by atoms with Gasteiger partial charge >= 0.3 is 0 Å². The molecule has 0 spiro atoms. The SMILES string of the molecule is Cn1cc(-c2cccc(NC(=O)c3ccc(C4CC4)cc3)c2CO)cc(Nc2cccnn2)c1=O. The molecule has 0 bridgehead atoms. The molecule has 8 nitrogen and oxygen atoms in total. The molecule has 1 fully saturated rings. The monoisotopic (exact) mass is 467 g/mol. The number of aryl methyl sites for hydroxylation is 1. The fraction of sp³-hybridized carbons (Fsp3) is 0.185. The van der Waals surface area contributed by atoms with Crippen LogP contribution in [-0.4, -0.2) is 25.8 Å². The predicted octanol–water partition coefficient (Wildman–Crippen LogP) is 4.21. The predicted molar refractivity (Wildman–Crippen MR) is 135 cm³/mol. The molecular weight excluding hydrogens is 442 g/mol. The van der Waals surface area contributed by atoms with Gasteiger partial charge in [0, 0.05) is 41.8 Å². The van der Waals surface area contributed by atoms with E-state index in [2.05, 4.69) is 20.8 Å². The lowest BCUT2D eigenvalue weighted by Crippen LogP contribution is -2.20. The Morgan fingerprint density at radius 3 is 2.57 bits per heavy atom. The minimum atomic E-state index is -0.290. The number of amides is 1. The van der Waals surface area contributed by atoms with Crippen molar-refractivity contribution < 1.29 is 9.90 Å². The molecule has 2 aromatic carbocycles. The molecule has 35 heavy (non-hydrogen) atoms. The molecule has 3 N–H and O–H groups in total. The fourth-order valence-corrected chi connectivity index (χ4v) is 4.12. The van der Waals surface area contributed by atoms with Crippen molar-refractivity contribution in [2.75, 3.05) is 10.6 Å². The molecule has 0 aliphatic heterocycles. The van der Waals surface area contributed by atoms with Crippen LogP contribution in [0, 0.1) is 0 Å². The maximum Gasteiger partial charge on any atom is 0.274 e. The number of hydrogen-bond donors (Lipinski definition) is 3. The van der Waals surface area contributed by atoms with Crippen molar-refractivity contribution >= 4 is 23.1 Å². The van der Waals surface area contributed by atoms with Gasteiger partial charge in [0.05, 0.1) is 6.61 Å². The first kappa shape index (κ1) is 22.5. The molecule has 8 heteroatoms. The van der Waals surface area contributed by atoms with Gasteiger partial charge in [-0.2, -0.15) is 5.10 Å². The number of benzene rings is 2. The summed E-state index contributed by atoms with van der Waals surface area (Å²) in [7, 11) is 1.66. The molecule has 1 aliphatic rings. The standard InChI is InChI=1S/C27H25N5O3/c1-32-15-20(14-24(27(32)35)29-25-6-3-13-28-31-25)21-4-2-5-23(22(21)16-33)30-26(34)19-11-9-18(10-12-19)17-7-8-17/h2-6,9-15,17,33H,7-8,16H2,1H3,(H,29,31)(H,30,34). The molecule has 5 rings (SSSR count). The Kier molecular flexibility index (Phi) is 6.12. The Morgan fingerprint density at radius 1 is 1.09 bits per heavy atom. The first-order chi connectivity index (χ1) is 17.0. The zero-order valence-corrected chi connectivity index (χ0v) is 19.2. The van der Waals surface area contributed by atoms with Crippen LogP contribution in [0.4, 0.5) is 17.2 Å². The number of nitrogens with one attached hydrogen (secondary N) is 2. The Morgan fingerprint density at radius 2 is 1.89 bits per heavy atom. The number of hydrogen-bond acceptors (Lipinski definition) is 6. The summed E-state index contributed by atoms with van der Waals surface area (Å²) < 4.78 is 1.46. The van der Waals surface area contributed by atoms with Gasteiger partial charge in [0.2, 0.25) is 0 Å². The molecule has 0 unspecified atom stereocenters. The lowest BCUT2D eigenvalue weighted by molar-refractivity contribution is 0.102. The number of aromatic nitrogens is 3. The second-order valence-electron chi connectivity index (χ2n) is 8.63. The molecule has 0 atom stereocenters. The summed E-state index contributed by atoms with van der Waals surface area (Å²) in [5, 5.41) is 24.0. The maximum atomic E-state index is 12.9. The number of rotatable bonds is 7. The van der Waals surface area contributed by atoms with E-state index in [0.29, 0.717) is 45.4 Å². The lowest BCUT2D eigenvalue weighted by atomic mass is 9.99. The van der Waals surface area contributed by atoms with Crippen molar-refractivity contribution in [1.29, 1.82) is 0 Å². The normalized spacial score (nSPS) is 12.9.